The Morgan fingerprint density at radius 2 is 1.74 bits per heavy atom. The number of aromatic nitrogens is 3. The van der Waals surface area contributed by atoms with Gasteiger partial charge < -0.3 is 4.90 Å². The number of aryl methyl sites for hydroxylation is 1. The number of carbonyl (C=O) groups is 1. The third kappa shape index (κ3) is 3.74. The highest BCUT2D eigenvalue weighted by Gasteiger charge is 2.23. The van der Waals surface area contributed by atoms with Gasteiger partial charge in [-0.25, -0.2) is 0 Å². The first kappa shape index (κ1) is 17.4. The fourth-order valence-corrected chi connectivity index (χ4v) is 3.71. The Hall–Kier alpha value is -3.02. The predicted molar refractivity (Wildman–Crippen MR) is 103 cm³/mol. The van der Waals surface area contributed by atoms with Gasteiger partial charge in [-0.1, -0.05) is 36.4 Å². The summed E-state index contributed by atoms with van der Waals surface area (Å²) in [5.41, 5.74) is 2.01. The van der Waals surface area contributed by atoms with E-state index in [1.807, 2.05) is 17.0 Å². The van der Waals surface area contributed by atoms with Crippen molar-refractivity contribution >= 4 is 11.6 Å². The fraction of sp³-hybridized carbons (Fsp3) is 0.333. The van der Waals surface area contributed by atoms with Crippen molar-refractivity contribution < 1.29 is 4.79 Å². The first-order chi connectivity index (χ1) is 13.2. The van der Waals surface area contributed by atoms with E-state index in [1.54, 1.807) is 18.3 Å². The third-order valence-electron chi connectivity index (χ3n) is 5.27. The highest BCUT2D eigenvalue weighted by atomic mass is 16.2. The number of hydrogen-bond acceptors (Lipinski definition) is 4. The summed E-state index contributed by atoms with van der Waals surface area (Å²) in [6.07, 6.45) is 4.24. The van der Waals surface area contributed by atoms with Crippen LogP contribution in [0, 0.1) is 0 Å². The van der Waals surface area contributed by atoms with E-state index in [2.05, 4.69) is 34.5 Å². The van der Waals surface area contributed by atoms with E-state index in [0.29, 0.717) is 30.1 Å². The minimum atomic E-state index is -0.198. The van der Waals surface area contributed by atoms with Crippen LogP contribution in [-0.2, 0) is 11.2 Å². The second kappa shape index (κ2) is 7.70. The molecule has 0 bridgehead atoms. The molecule has 6 heteroatoms. The molecule has 27 heavy (non-hydrogen) atoms. The molecule has 1 fully saturated rings. The second-order valence-corrected chi connectivity index (χ2v) is 6.95. The molecular weight excluding hydrogens is 340 g/mol. The Morgan fingerprint density at radius 3 is 2.52 bits per heavy atom. The van der Waals surface area contributed by atoms with Crippen LogP contribution >= 0.6 is 0 Å². The summed E-state index contributed by atoms with van der Waals surface area (Å²) in [4.78, 5) is 26.9. The van der Waals surface area contributed by atoms with Crippen LogP contribution in [-0.4, -0.2) is 38.5 Å². The Morgan fingerprint density at radius 1 is 1.00 bits per heavy atom. The van der Waals surface area contributed by atoms with E-state index in [-0.39, 0.29) is 11.5 Å². The lowest BCUT2D eigenvalue weighted by molar-refractivity contribution is -0.132. The number of nitrogens with zero attached hydrogens (tertiary/aromatic N) is 4. The van der Waals surface area contributed by atoms with Gasteiger partial charge in [-0.05, 0) is 36.5 Å². The first-order valence-corrected chi connectivity index (χ1v) is 9.38. The maximum absolute atomic E-state index is 12.6. The fourth-order valence-electron chi connectivity index (χ4n) is 3.71. The number of fused-ring (bicyclic) bond motifs is 1. The molecule has 0 atom stereocenters. The van der Waals surface area contributed by atoms with Gasteiger partial charge in [0.05, 0.1) is 0 Å². The number of benzene rings is 1. The van der Waals surface area contributed by atoms with Gasteiger partial charge in [0.15, 0.2) is 5.65 Å². The first-order valence-electron chi connectivity index (χ1n) is 9.38. The number of amides is 1. The second-order valence-electron chi connectivity index (χ2n) is 6.95. The molecule has 1 amide bonds. The summed E-state index contributed by atoms with van der Waals surface area (Å²) >= 11 is 0. The number of piperidine rings is 1. The summed E-state index contributed by atoms with van der Waals surface area (Å²) in [6.45, 7) is 1.53. The van der Waals surface area contributed by atoms with Crippen molar-refractivity contribution in [2.75, 3.05) is 13.1 Å². The number of hydrogen-bond donors (Lipinski definition) is 0. The summed E-state index contributed by atoms with van der Waals surface area (Å²) in [7, 11) is 0. The summed E-state index contributed by atoms with van der Waals surface area (Å²) in [5.74, 6) is 0.604. The molecule has 1 saturated heterocycles. The van der Waals surface area contributed by atoms with E-state index < -0.39 is 0 Å². The number of pyridine rings is 1. The lowest BCUT2D eigenvalue weighted by Crippen LogP contribution is -2.38. The molecule has 3 heterocycles. The molecule has 0 spiro atoms. The van der Waals surface area contributed by atoms with Crippen molar-refractivity contribution in [2.45, 2.75) is 31.6 Å². The minimum absolute atomic E-state index is 0.0841. The molecule has 0 unspecified atom stereocenters. The van der Waals surface area contributed by atoms with E-state index in [0.717, 1.165) is 25.9 Å². The average Bonchev–Trinajstić information content (AvgIpc) is 2.74. The van der Waals surface area contributed by atoms with E-state index in [4.69, 9.17) is 0 Å². The maximum Gasteiger partial charge on any atom is 0.279 e. The van der Waals surface area contributed by atoms with Crippen LogP contribution in [0.2, 0.25) is 0 Å². The third-order valence-corrected chi connectivity index (χ3v) is 5.27. The number of likely N-dealkylation sites (tertiary alicyclic amines) is 1. The quantitative estimate of drug-likeness (QED) is 0.715. The molecule has 2 aromatic heterocycles. The van der Waals surface area contributed by atoms with Crippen molar-refractivity contribution in [2.24, 2.45) is 0 Å². The van der Waals surface area contributed by atoms with Gasteiger partial charge in [-0.2, -0.15) is 0 Å². The Kier molecular flexibility index (Phi) is 4.96. The zero-order valence-corrected chi connectivity index (χ0v) is 15.1. The number of rotatable bonds is 4. The van der Waals surface area contributed by atoms with Crippen molar-refractivity contribution in [1.29, 1.82) is 0 Å². The average molecular weight is 362 g/mol. The molecule has 1 aliphatic rings. The molecule has 3 aromatic rings. The molecule has 6 nitrogen and oxygen atoms in total. The van der Waals surface area contributed by atoms with Crippen molar-refractivity contribution in [3.05, 3.63) is 76.3 Å². The van der Waals surface area contributed by atoms with E-state index in [1.165, 1.54) is 9.96 Å². The lowest BCUT2D eigenvalue weighted by Gasteiger charge is -2.32. The summed E-state index contributed by atoms with van der Waals surface area (Å²) in [5, 5.41) is 8.09. The summed E-state index contributed by atoms with van der Waals surface area (Å²) < 4.78 is 1.47. The Bertz CT molecular complexity index is 992. The van der Waals surface area contributed by atoms with Crippen LogP contribution in [0.5, 0.6) is 0 Å². The molecule has 0 saturated carbocycles. The van der Waals surface area contributed by atoms with Gasteiger partial charge in [0, 0.05) is 32.1 Å². The van der Waals surface area contributed by atoms with Crippen LogP contribution in [0.1, 0.15) is 36.4 Å². The SMILES string of the molecule is O=C(CCc1nnc2ccccn2c1=O)N1CCC(c2ccccc2)CC1. The topological polar surface area (TPSA) is 67.6 Å². The normalized spacial score (nSPS) is 15.2. The summed E-state index contributed by atoms with van der Waals surface area (Å²) in [6, 6.07) is 15.8. The molecular formula is C21H22N4O2. The molecule has 138 valence electrons. The van der Waals surface area contributed by atoms with Gasteiger partial charge in [-0.15, -0.1) is 10.2 Å². The zero-order chi connectivity index (χ0) is 18.6. The van der Waals surface area contributed by atoms with Crippen molar-refractivity contribution in [3.8, 4) is 0 Å². The van der Waals surface area contributed by atoms with Gasteiger partial charge in [0.2, 0.25) is 5.91 Å². The highest BCUT2D eigenvalue weighted by Crippen LogP contribution is 2.27. The van der Waals surface area contributed by atoms with Crippen LogP contribution in [0.3, 0.4) is 0 Å². The van der Waals surface area contributed by atoms with Gasteiger partial charge in [0.1, 0.15) is 5.69 Å². The Balaban J connectivity index is 1.35. The molecule has 4 rings (SSSR count). The molecule has 1 aromatic carbocycles. The van der Waals surface area contributed by atoms with Gasteiger partial charge >= 0.3 is 0 Å². The monoisotopic (exact) mass is 362 g/mol. The van der Waals surface area contributed by atoms with Crippen LogP contribution in [0.15, 0.2) is 59.5 Å². The molecule has 0 aliphatic carbocycles. The minimum Gasteiger partial charge on any atom is -0.343 e. The van der Waals surface area contributed by atoms with Crippen molar-refractivity contribution in [1.82, 2.24) is 19.5 Å². The molecule has 0 radical (unpaired) electrons. The zero-order valence-electron chi connectivity index (χ0n) is 15.1. The van der Waals surface area contributed by atoms with Crippen LogP contribution in [0.25, 0.3) is 5.65 Å². The maximum atomic E-state index is 12.6. The van der Waals surface area contributed by atoms with Crippen LogP contribution in [0.4, 0.5) is 0 Å². The highest BCUT2D eigenvalue weighted by molar-refractivity contribution is 5.76. The number of carbonyl (C=O) groups excluding carboxylic acids is 1. The van der Waals surface area contributed by atoms with Gasteiger partial charge in [-0.3, -0.25) is 14.0 Å². The van der Waals surface area contributed by atoms with E-state index >= 15 is 0 Å². The van der Waals surface area contributed by atoms with Crippen molar-refractivity contribution in [3.63, 3.8) is 0 Å². The standard InChI is InChI=1S/C21H22N4O2/c26-20(24-14-11-17(12-15-24)16-6-2-1-3-7-16)10-9-18-21(27)25-13-5-4-8-19(25)23-22-18/h1-8,13,17H,9-12,14-15H2. The van der Waals surface area contributed by atoms with Gasteiger partial charge in [0.25, 0.3) is 5.56 Å². The van der Waals surface area contributed by atoms with E-state index in [9.17, 15) is 9.59 Å². The largest absolute Gasteiger partial charge is 0.343 e. The lowest BCUT2D eigenvalue weighted by atomic mass is 9.89. The van der Waals surface area contributed by atoms with Crippen LogP contribution < -0.4 is 5.56 Å². The predicted octanol–water partition coefficient (Wildman–Crippen LogP) is 2.43. The smallest absolute Gasteiger partial charge is 0.279 e. The Labute approximate surface area is 157 Å². The molecule has 0 N–H and O–H groups in total. The molecule has 1 aliphatic heterocycles.